The number of benzene rings is 1. The summed E-state index contributed by atoms with van der Waals surface area (Å²) < 4.78 is 21.8. The van der Waals surface area contributed by atoms with Gasteiger partial charge in [0.2, 0.25) is 0 Å². The number of carboxylic acids is 1. The highest BCUT2D eigenvalue weighted by Gasteiger charge is 2.04. The first kappa shape index (κ1) is 5.01. The van der Waals surface area contributed by atoms with Crippen LogP contribution in [0.15, 0.2) is 18.1 Å². The maximum Gasteiger partial charge on any atom is 0.335 e. The molecule has 0 aliphatic heterocycles. The maximum absolute atomic E-state index is 10.6. The van der Waals surface area contributed by atoms with E-state index in [1.807, 2.05) is 0 Å². The van der Waals surface area contributed by atoms with Gasteiger partial charge >= 0.3 is 5.97 Å². The van der Waals surface area contributed by atoms with Crippen molar-refractivity contribution in [2.24, 2.45) is 0 Å². The first-order chi connectivity index (χ1) is 6.37. The van der Waals surface area contributed by atoms with Gasteiger partial charge in [-0.25, -0.2) is 4.79 Å². The lowest BCUT2D eigenvalue weighted by molar-refractivity contribution is 0.0697. The molecule has 1 aromatic rings. The molecule has 0 amide bonds. The molecule has 0 radical (unpaired) electrons. The third-order valence-corrected chi connectivity index (χ3v) is 1.60. The second-order valence-electron chi connectivity index (χ2n) is 1.68. The Hall–Kier alpha value is -0.730. The second-order valence-corrected chi connectivity index (χ2v) is 2.44. The third-order valence-electron chi connectivity index (χ3n) is 0.939. The standard InChI is InChI=1S/C7H4Cl2O2/c8-5-2-1-4(7(10)11)3-6(5)9/h1-3H,(H,10,11)/i1D,2D,3D. The fourth-order valence-electron chi connectivity index (χ4n) is 0.475. The number of hydrogen-bond donors (Lipinski definition) is 1. The number of rotatable bonds is 1. The minimum atomic E-state index is -1.47. The lowest BCUT2D eigenvalue weighted by Crippen LogP contribution is -1.94. The van der Waals surface area contributed by atoms with Crippen LogP contribution in [0.3, 0.4) is 0 Å². The van der Waals surface area contributed by atoms with Crippen molar-refractivity contribution in [3.8, 4) is 0 Å². The number of aromatic carboxylic acids is 1. The highest BCUT2D eigenvalue weighted by atomic mass is 35.5. The summed E-state index contributed by atoms with van der Waals surface area (Å²) in [6.45, 7) is 0. The van der Waals surface area contributed by atoms with E-state index < -0.39 is 29.7 Å². The Morgan fingerprint density at radius 1 is 1.45 bits per heavy atom. The van der Waals surface area contributed by atoms with Crippen molar-refractivity contribution in [1.29, 1.82) is 0 Å². The van der Waals surface area contributed by atoms with Gasteiger partial charge in [-0.2, -0.15) is 0 Å². The maximum atomic E-state index is 10.6. The van der Waals surface area contributed by atoms with Crippen molar-refractivity contribution in [2.75, 3.05) is 0 Å². The van der Waals surface area contributed by atoms with E-state index >= 15 is 0 Å². The van der Waals surface area contributed by atoms with Gasteiger partial charge in [0.1, 0.15) is 0 Å². The van der Waals surface area contributed by atoms with Crippen LogP contribution in [-0.4, -0.2) is 11.1 Å². The Kier molecular flexibility index (Phi) is 1.42. The van der Waals surface area contributed by atoms with Crippen LogP contribution < -0.4 is 0 Å². The van der Waals surface area contributed by atoms with Crippen molar-refractivity contribution in [2.45, 2.75) is 0 Å². The topological polar surface area (TPSA) is 37.3 Å². The Balaban J connectivity index is 3.68. The summed E-state index contributed by atoms with van der Waals surface area (Å²) in [5, 5.41) is 8.07. The summed E-state index contributed by atoms with van der Waals surface area (Å²) in [7, 11) is 0. The van der Waals surface area contributed by atoms with Crippen molar-refractivity contribution >= 4 is 29.2 Å². The van der Waals surface area contributed by atoms with Gasteiger partial charge in [-0.15, -0.1) is 0 Å². The molecular weight excluding hydrogens is 187 g/mol. The molecule has 11 heavy (non-hydrogen) atoms. The summed E-state index contributed by atoms with van der Waals surface area (Å²) in [6, 6.07) is -1.62. The van der Waals surface area contributed by atoms with Crippen molar-refractivity contribution in [3.63, 3.8) is 0 Å². The molecule has 0 unspecified atom stereocenters. The van der Waals surface area contributed by atoms with Gasteiger partial charge in [0.25, 0.3) is 0 Å². The predicted molar refractivity (Wildman–Crippen MR) is 43.4 cm³/mol. The fraction of sp³-hybridized carbons (Fsp3) is 0. The van der Waals surface area contributed by atoms with Crippen LogP contribution in [0.2, 0.25) is 10.0 Å². The number of halogens is 2. The van der Waals surface area contributed by atoms with Crippen LogP contribution in [0.4, 0.5) is 0 Å². The van der Waals surface area contributed by atoms with E-state index in [1.165, 1.54) is 0 Å². The van der Waals surface area contributed by atoms with Gasteiger partial charge in [-0.05, 0) is 18.1 Å². The minimum absolute atomic E-state index is 0.272. The van der Waals surface area contributed by atoms with Crippen LogP contribution in [-0.2, 0) is 0 Å². The summed E-state index contributed by atoms with van der Waals surface area (Å²) in [4.78, 5) is 10.6. The van der Waals surface area contributed by atoms with Crippen LogP contribution in [0, 0.1) is 0 Å². The molecule has 0 aliphatic rings. The van der Waals surface area contributed by atoms with Crippen LogP contribution in [0.1, 0.15) is 14.5 Å². The molecule has 1 N–H and O–H groups in total. The van der Waals surface area contributed by atoms with Gasteiger partial charge in [-0.1, -0.05) is 23.2 Å². The van der Waals surface area contributed by atoms with Crippen molar-refractivity contribution in [1.82, 2.24) is 0 Å². The second kappa shape index (κ2) is 3.11. The van der Waals surface area contributed by atoms with Gasteiger partial charge < -0.3 is 5.11 Å². The molecule has 0 saturated heterocycles. The SMILES string of the molecule is [2H]c1c([2H])c(C(=O)O)c([2H])c(Cl)c1Cl. The number of hydrogen-bond acceptors (Lipinski definition) is 1. The quantitative estimate of drug-likeness (QED) is 0.745. The van der Waals surface area contributed by atoms with Crippen LogP contribution >= 0.6 is 23.2 Å². The number of carbonyl (C=O) groups is 1. The summed E-state index contributed by atoms with van der Waals surface area (Å²) in [6.07, 6.45) is 0. The molecule has 0 heterocycles. The lowest BCUT2D eigenvalue weighted by Gasteiger charge is -1.96. The molecule has 0 aliphatic carbocycles. The van der Waals surface area contributed by atoms with Gasteiger partial charge in [-0.3, -0.25) is 0 Å². The molecule has 0 atom stereocenters. The lowest BCUT2D eigenvalue weighted by atomic mass is 10.2. The minimum Gasteiger partial charge on any atom is -0.478 e. The molecule has 2 nitrogen and oxygen atoms in total. The Labute approximate surface area is 77.6 Å². The predicted octanol–water partition coefficient (Wildman–Crippen LogP) is 2.69. The highest BCUT2D eigenvalue weighted by Crippen LogP contribution is 2.22. The summed E-state index contributed by atoms with van der Waals surface area (Å²) in [5.41, 5.74) is -0.607. The average Bonchev–Trinajstić information content (AvgIpc) is 2.11. The molecule has 0 saturated carbocycles. The molecule has 1 rings (SSSR count). The van der Waals surface area contributed by atoms with E-state index in [0.29, 0.717) is 0 Å². The van der Waals surface area contributed by atoms with E-state index in [9.17, 15) is 4.79 Å². The van der Waals surface area contributed by atoms with Crippen molar-refractivity contribution < 1.29 is 14.0 Å². The Morgan fingerprint density at radius 3 is 2.64 bits per heavy atom. The zero-order valence-electron chi connectivity index (χ0n) is 8.11. The average molecular weight is 194 g/mol. The molecule has 58 valence electrons. The van der Waals surface area contributed by atoms with Gasteiger partial charge in [0.05, 0.1) is 19.7 Å². The molecule has 4 heteroatoms. The third kappa shape index (κ3) is 1.85. The monoisotopic (exact) mass is 193 g/mol. The smallest absolute Gasteiger partial charge is 0.335 e. The van der Waals surface area contributed by atoms with E-state index in [0.717, 1.165) is 0 Å². The normalized spacial score (nSPS) is 13.5. The summed E-state index contributed by atoms with van der Waals surface area (Å²) in [5.74, 6) is -1.47. The zero-order valence-corrected chi connectivity index (χ0v) is 6.62. The molecular formula is C7H4Cl2O2. The van der Waals surface area contributed by atoms with E-state index in [1.54, 1.807) is 0 Å². The highest BCUT2D eigenvalue weighted by molar-refractivity contribution is 6.42. The summed E-state index contributed by atoms with van der Waals surface area (Å²) >= 11 is 11.0. The number of carboxylic acid groups (broad SMARTS) is 1. The fourth-order valence-corrected chi connectivity index (χ4v) is 0.711. The first-order valence-electron chi connectivity index (χ1n) is 4.06. The van der Waals surface area contributed by atoms with Crippen LogP contribution in [0.5, 0.6) is 0 Å². The van der Waals surface area contributed by atoms with Gasteiger partial charge in [0.15, 0.2) is 0 Å². The van der Waals surface area contributed by atoms with E-state index in [4.69, 9.17) is 32.4 Å². The van der Waals surface area contributed by atoms with Gasteiger partial charge in [0, 0.05) is 0 Å². The first-order valence-corrected chi connectivity index (χ1v) is 3.31. The molecule has 0 bridgehead atoms. The Bertz CT molecular complexity index is 391. The van der Waals surface area contributed by atoms with E-state index in [2.05, 4.69) is 0 Å². The molecule has 0 spiro atoms. The largest absolute Gasteiger partial charge is 0.478 e. The Morgan fingerprint density at radius 2 is 2.09 bits per heavy atom. The van der Waals surface area contributed by atoms with Crippen LogP contribution in [0.25, 0.3) is 0 Å². The molecule has 0 fully saturated rings. The molecule has 0 aromatic heterocycles. The van der Waals surface area contributed by atoms with E-state index in [-0.39, 0.29) is 10.0 Å². The van der Waals surface area contributed by atoms with Crippen molar-refractivity contribution in [3.05, 3.63) is 33.7 Å². The zero-order chi connectivity index (χ0) is 11.0. The molecule has 1 aromatic carbocycles.